The number of anilines is 1. The highest BCUT2D eigenvalue weighted by Gasteiger charge is 2.05. The van der Waals surface area contributed by atoms with E-state index in [1.165, 1.54) is 12.3 Å². The van der Waals surface area contributed by atoms with Gasteiger partial charge in [-0.05, 0) is 0 Å². The van der Waals surface area contributed by atoms with Crippen LogP contribution in [-0.2, 0) is 0 Å². The zero-order valence-electron chi connectivity index (χ0n) is 5.09. The maximum Gasteiger partial charge on any atom is 0.192 e. The lowest BCUT2D eigenvalue weighted by atomic mass is 10.4. The van der Waals surface area contributed by atoms with E-state index in [1.54, 1.807) is 0 Å². The molecule has 10 heavy (non-hydrogen) atoms. The molecule has 4 heteroatoms. The summed E-state index contributed by atoms with van der Waals surface area (Å²) >= 11 is 0. The smallest absolute Gasteiger partial charge is 0.192 e. The van der Waals surface area contributed by atoms with E-state index in [2.05, 4.69) is 4.98 Å². The van der Waals surface area contributed by atoms with E-state index < -0.39 is 0 Å². The summed E-state index contributed by atoms with van der Waals surface area (Å²) < 4.78 is 4.95. The molecule has 0 spiro atoms. The van der Waals surface area contributed by atoms with Crippen LogP contribution in [0.15, 0.2) is 16.7 Å². The highest BCUT2D eigenvalue weighted by atomic mass is 16.3. The molecule has 0 atom stereocenters. The Morgan fingerprint density at radius 3 is 3.10 bits per heavy atom. The molecule has 4 N–H and O–H groups in total. The minimum atomic E-state index is 0.0704. The van der Waals surface area contributed by atoms with Crippen molar-refractivity contribution < 1.29 is 9.52 Å². The molecule has 0 aliphatic rings. The lowest BCUT2D eigenvalue weighted by Gasteiger charge is -1.80. The van der Waals surface area contributed by atoms with Crippen LogP contribution in [0.25, 0.3) is 11.1 Å². The van der Waals surface area contributed by atoms with Crippen LogP contribution >= 0.6 is 0 Å². The molecule has 4 nitrogen and oxygen atoms in total. The summed E-state index contributed by atoms with van der Waals surface area (Å²) in [5.41, 5.74) is 7.19. The molecule has 0 radical (unpaired) electrons. The average molecular weight is 138 g/mol. The maximum atomic E-state index is 8.90. The molecule has 2 rings (SSSR count). The van der Waals surface area contributed by atoms with Crippen LogP contribution in [0.4, 0.5) is 5.69 Å². The van der Waals surface area contributed by atoms with Crippen molar-refractivity contribution in [2.75, 3.05) is 5.73 Å². The van der Waals surface area contributed by atoms with Gasteiger partial charge in [0.15, 0.2) is 11.5 Å². The summed E-state index contributed by atoms with van der Waals surface area (Å²) in [6.07, 6.45) is 1.43. The summed E-state index contributed by atoms with van der Waals surface area (Å²) in [5.74, 6) is 0.0704. The largest absolute Gasteiger partial charge is 0.494 e. The fraction of sp³-hybridized carbons (Fsp3) is 0. The molecule has 0 saturated carbocycles. The Labute approximate surface area is 56.3 Å². The van der Waals surface area contributed by atoms with Crippen molar-refractivity contribution in [3.63, 3.8) is 0 Å². The highest BCUT2D eigenvalue weighted by Crippen LogP contribution is 2.25. The normalized spacial score (nSPS) is 10.8. The fourth-order valence-corrected chi connectivity index (χ4v) is 0.915. The SMILES string of the molecule is Nc1coc2cc(O)[nH]c12. The second-order valence-electron chi connectivity index (χ2n) is 2.08. The summed E-state index contributed by atoms with van der Waals surface area (Å²) in [6.45, 7) is 0. The Morgan fingerprint density at radius 1 is 1.60 bits per heavy atom. The first-order chi connectivity index (χ1) is 4.77. The van der Waals surface area contributed by atoms with E-state index in [9.17, 15) is 0 Å². The van der Waals surface area contributed by atoms with Crippen molar-refractivity contribution in [3.8, 4) is 5.88 Å². The average Bonchev–Trinajstić information content (AvgIpc) is 2.35. The topological polar surface area (TPSA) is 75.2 Å². The van der Waals surface area contributed by atoms with Crippen LogP contribution in [0, 0.1) is 0 Å². The molecule has 0 fully saturated rings. The number of nitrogens with two attached hydrogens (primary N) is 1. The number of aromatic hydroxyl groups is 1. The maximum absolute atomic E-state index is 8.90. The monoisotopic (exact) mass is 138 g/mol. The zero-order valence-corrected chi connectivity index (χ0v) is 5.09. The number of furan rings is 1. The van der Waals surface area contributed by atoms with Gasteiger partial charge in [0.1, 0.15) is 11.8 Å². The molecule has 0 aliphatic carbocycles. The van der Waals surface area contributed by atoms with Gasteiger partial charge in [-0.25, -0.2) is 0 Å². The van der Waals surface area contributed by atoms with Crippen LogP contribution in [0.2, 0.25) is 0 Å². The molecule has 2 heterocycles. The predicted octanol–water partition coefficient (Wildman–Crippen LogP) is 1.05. The van der Waals surface area contributed by atoms with E-state index in [0.717, 1.165) is 0 Å². The molecule has 0 bridgehead atoms. The number of aromatic nitrogens is 1. The number of aromatic amines is 1. The van der Waals surface area contributed by atoms with Crippen LogP contribution in [0.1, 0.15) is 0 Å². The van der Waals surface area contributed by atoms with Gasteiger partial charge in [-0.3, -0.25) is 0 Å². The van der Waals surface area contributed by atoms with Crippen LogP contribution in [0.3, 0.4) is 0 Å². The third kappa shape index (κ3) is 0.500. The van der Waals surface area contributed by atoms with Crippen LogP contribution in [0.5, 0.6) is 5.88 Å². The summed E-state index contributed by atoms with van der Waals surface area (Å²) in [5, 5.41) is 8.90. The zero-order chi connectivity index (χ0) is 7.14. The molecular weight excluding hydrogens is 132 g/mol. The molecule has 2 aromatic rings. The van der Waals surface area contributed by atoms with Gasteiger partial charge in [0, 0.05) is 6.07 Å². The van der Waals surface area contributed by atoms with Crippen LogP contribution in [-0.4, -0.2) is 10.1 Å². The number of rotatable bonds is 0. The lowest BCUT2D eigenvalue weighted by molar-refractivity contribution is 0.457. The number of nitrogens with one attached hydrogen (secondary N) is 1. The van der Waals surface area contributed by atoms with Gasteiger partial charge in [-0.2, -0.15) is 0 Å². The standard InChI is InChI=1S/C6H6N2O2/c7-3-2-10-4-1-5(9)8-6(3)4/h1-2,8-9H,7H2. The third-order valence-corrected chi connectivity index (χ3v) is 1.37. The quantitative estimate of drug-likeness (QED) is 0.509. The fourth-order valence-electron chi connectivity index (χ4n) is 0.915. The Balaban J connectivity index is 2.90. The van der Waals surface area contributed by atoms with Crippen molar-refractivity contribution in [2.45, 2.75) is 0 Å². The van der Waals surface area contributed by atoms with E-state index in [4.69, 9.17) is 15.3 Å². The molecular formula is C6H6N2O2. The summed E-state index contributed by atoms with van der Waals surface area (Å²) in [7, 11) is 0. The Bertz CT molecular complexity index is 361. The van der Waals surface area contributed by atoms with E-state index in [-0.39, 0.29) is 5.88 Å². The summed E-state index contributed by atoms with van der Waals surface area (Å²) in [6, 6.07) is 1.48. The van der Waals surface area contributed by atoms with Gasteiger partial charge in [0.05, 0.1) is 5.69 Å². The van der Waals surface area contributed by atoms with Gasteiger partial charge in [-0.1, -0.05) is 0 Å². The minimum Gasteiger partial charge on any atom is -0.494 e. The second-order valence-corrected chi connectivity index (χ2v) is 2.08. The van der Waals surface area contributed by atoms with Crippen molar-refractivity contribution >= 4 is 16.8 Å². The first kappa shape index (κ1) is 5.22. The first-order valence-corrected chi connectivity index (χ1v) is 2.82. The lowest BCUT2D eigenvalue weighted by Crippen LogP contribution is -1.79. The Kier molecular flexibility index (Phi) is 0.768. The number of hydrogen-bond donors (Lipinski definition) is 3. The number of hydrogen-bond acceptors (Lipinski definition) is 3. The van der Waals surface area contributed by atoms with Gasteiger partial charge < -0.3 is 20.2 Å². The van der Waals surface area contributed by atoms with E-state index in [1.807, 2.05) is 0 Å². The molecule has 0 unspecified atom stereocenters. The summed E-state index contributed by atoms with van der Waals surface area (Å²) in [4.78, 5) is 2.64. The van der Waals surface area contributed by atoms with Gasteiger partial charge in [-0.15, -0.1) is 0 Å². The van der Waals surface area contributed by atoms with Crippen molar-refractivity contribution in [3.05, 3.63) is 12.3 Å². The number of nitrogen functional groups attached to an aromatic ring is 1. The Hall–Kier alpha value is -1.58. The van der Waals surface area contributed by atoms with Crippen molar-refractivity contribution in [1.29, 1.82) is 0 Å². The van der Waals surface area contributed by atoms with Gasteiger partial charge in [0.25, 0.3) is 0 Å². The van der Waals surface area contributed by atoms with E-state index >= 15 is 0 Å². The van der Waals surface area contributed by atoms with E-state index in [0.29, 0.717) is 16.8 Å². The second kappa shape index (κ2) is 1.47. The Morgan fingerprint density at radius 2 is 2.40 bits per heavy atom. The predicted molar refractivity (Wildman–Crippen MR) is 36.6 cm³/mol. The highest BCUT2D eigenvalue weighted by molar-refractivity contribution is 5.87. The molecule has 0 aromatic carbocycles. The minimum absolute atomic E-state index is 0.0704. The van der Waals surface area contributed by atoms with Crippen molar-refractivity contribution in [1.82, 2.24) is 4.98 Å². The van der Waals surface area contributed by atoms with Crippen LogP contribution < -0.4 is 5.73 Å². The van der Waals surface area contributed by atoms with Crippen molar-refractivity contribution in [2.24, 2.45) is 0 Å². The van der Waals surface area contributed by atoms with Gasteiger partial charge >= 0.3 is 0 Å². The molecule has 0 saturated heterocycles. The number of fused-ring (bicyclic) bond motifs is 1. The molecule has 2 aromatic heterocycles. The molecule has 52 valence electrons. The third-order valence-electron chi connectivity index (χ3n) is 1.37. The molecule has 0 aliphatic heterocycles. The van der Waals surface area contributed by atoms with Gasteiger partial charge in [0.2, 0.25) is 0 Å². The molecule has 0 amide bonds. The first-order valence-electron chi connectivity index (χ1n) is 2.82. The number of H-pyrrole nitrogens is 1.